The average molecular weight is 381 g/mol. The summed E-state index contributed by atoms with van der Waals surface area (Å²) in [7, 11) is 0. The highest BCUT2D eigenvalue weighted by molar-refractivity contribution is 7.10. The Morgan fingerprint density at radius 1 is 1.15 bits per heavy atom. The third kappa shape index (κ3) is 3.69. The number of thiophene rings is 1. The van der Waals surface area contributed by atoms with Gasteiger partial charge in [0.1, 0.15) is 5.75 Å². The average Bonchev–Trinajstić information content (AvgIpc) is 3.13. The van der Waals surface area contributed by atoms with Gasteiger partial charge in [0.15, 0.2) is 6.10 Å². The van der Waals surface area contributed by atoms with Gasteiger partial charge in [0.25, 0.3) is 5.91 Å². The molecule has 3 heterocycles. The van der Waals surface area contributed by atoms with Gasteiger partial charge in [-0.05, 0) is 73.9 Å². The fraction of sp³-hybridized carbons (Fsp3) is 0.364. The number of hydrogen-bond donors (Lipinski definition) is 0. The van der Waals surface area contributed by atoms with Crippen molar-refractivity contribution in [2.24, 2.45) is 0 Å². The molecule has 0 radical (unpaired) electrons. The van der Waals surface area contributed by atoms with Gasteiger partial charge < -0.3 is 9.64 Å². The molecule has 4 rings (SSSR count). The standard InChI is InChI=1S/C22H24N2O2S/c1-15(22(25)24-11-4-3-5-12-24)26-17-6-7-20-19(8-10-23-21(20)14-17)18-9-13-27-16(18)2/h6-10,13-15H,3-5,11-12H2,1-2H3. The maximum atomic E-state index is 12.6. The normalized spacial score (nSPS) is 15.7. The summed E-state index contributed by atoms with van der Waals surface area (Å²) >= 11 is 1.75. The van der Waals surface area contributed by atoms with E-state index in [2.05, 4.69) is 29.4 Å². The zero-order chi connectivity index (χ0) is 18.8. The van der Waals surface area contributed by atoms with Gasteiger partial charge in [-0.25, -0.2) is 0 Å². The second kappa shape index (κ2) is 7.69. The number of ether oxygens (including phenoxy) is 1. The zero-order valence-electron chi connectivity index (χ0n) is 15.8. The Bertz CT molecular complexity index is 960. The Morgan fingerprint density at radius 3 is 2.70 bits per heavy atom. The summed E-state index contributed by atoms with van der Waals surface area (Å²) in [4.78, 5) is 20.3. The number of rotatable bonds is 4. The number of hydrogen-bond acceptors (Lipinski definition) is 4. The first-order chi connectivity index (χ1) is 13.1. The molecule has 1 unspecified atom stereocenters. The molecule has 1 saturated heterocycles. The van der Waals surface area contributed by atoms with Crippen LogP contribution in [-0.4, -0.2) is 35.0 Å². The Labute approximate surface area is 163 Å². The second-order valence-corrected chi connectivity index (χ2v) is 8.19. The van der Waals surface area contributed by atoms with Crippen molar-refractivity contribution in [3.8, 4) is 16.9 Å². The summed E-state index contributed by atoms with van der Waals surface area (Å²) in [6.07, 6.45) is 4.73. The number of nitrogens with zero attached hydrogens (tertiary/aromatic N) is 2. The Morgan fingerprint density at radius 2 is 1.96 bits per heavy atom. The lowest BCUT2D eigenvalue weighted by Gasteiger charge is -2.29. The fourth-order valence-electron chi connectivity index (χ4n) is 3.73. The summed E-state index contributed by atoms with van der Waals surface area (Å²) in [6.45, 7) is 5.65. The van der Waals surface area contributed by atoms with Crippen LogP contribution in [0.3, 0.4) is 0 Å². The van der Waals surface area contributed by atoms with Crippen molar-refractivity contribution in [1.82, 2.24) is 9.88 Å². The molecule has 1 fully saturated rings. The van der Waals surface area contributed by atoms with Crippen LogP contribution >= 0.6 is 11.3 Å². The third-order valence-electron chi connectivity index (χ3n) is 5.19. The number of carbonyl (C=O) groups excluding carboxylic acids is 1. The molecule has 3 aromatic rings. The van der Waals surface area contributed by atoms with Crippen LogP contribution in [0.5, 0.6) is 5.75 Å². The molecule has 0 saturated carbocycles. The molecule has 1 aliphatic rings. The van der Waals surface area contributed by atoms with E-state index in [0.717, 1.165) is 36.8 Å². The molecule has 1 amide bonds. The van der Waals surface area contributed by atoms with Crippen LogP contribution in [0.1, 0.15) is 31.1 Å². The maximum absolute atomic E-state index is 12.6. The molecule has 140 valence electrons. The van der Waals surface area contributed by atoms with Crippen LogP contribution in [0.2, 0.25) is 0 Å². The molecule has 0 aliphatic carbocycles. The van der Waals surface area contributed by atoms with E-state index < -0.39 is 6.10 Å². The molecule has 4 nitrogen and oxygen atoms in total. The monoisotopic (exact) mass is 380 g/mol. The van der Waals surface area contributed by atoms with E-state index in [9.17, 15) is 4.79 Å². The first-order valence-corrected chi connectivity index (χ1v) is 10.4. The summed E-state index contributed by atoms with van der Waals surface area (Å²) in [5.74, 6) is 0.762. The lowest BCUT2D eigenvalue weighted by Crippen LogP contribution is -2.43. The van der Waals surface area contributed by atoms with Gasteiger partial charge in [-0.3, -0.25) is 9.78 Å². The van der Waals surface area contributed by atoms with Crippen LogP contribution in [-0.2, 0) is 4.79 Å². The second-order valence-electron chi connectivity index (χ2n) is 7.07. The van der Waals surface area contributed by atoms with Gasteiger partial charge in [-0.2, -0.15) is 0 Å². The van der Waals surface area contributed by atoms with Crippen LogP contribution in [0.25, 0.3) is 22.0 Å². The Kier molecular flexibility index (Phi) is 5.12. The summed E-state index contributed by atoms with van der Waals surface area (Å²) in [5.41, 5.74) is 3.31. The number of benzene rings is 1. The fourth-order valence-corrected chi connectivity index (χ4v) is 4.44. The molecule has 2 aromatic heterocycles. The highest BCUT2D eigenvalue weighted by Crippen LogP contribution is 2.33. The molecule has 1 aliphatic heterocycles. The maximum Gasteiger partial charge on any atom is 0.263 e. The van der Waals surface area contributed by atoms with Crippen molar-refractivity contribution < 1.29 is 9.53 Å². The number of piperidine rings is 1. The van der Waals surface area contributed by atoms with Gasteiger partial charge in [-0.1, -0.05) is 0 Å². The molecule has 0 spiro atoms. The number of aromatic nitrogens is 1. The number of amides is 1. The van der Waals surface area contributed by atoms with E-state index in [0.29, 0.717) is 5.75 Å². The molecular weight excluding hydrogens is 356 g/mol. The number of likely N-dealkylation sites (tertiary alicyclic amines) is 1. The van der Waals surface area contributed by atoms with Gasteiger partial charge in [0, 0.05) is 35.6 Å². The molecule has 1 aromatic carbocycles. The van der Waals surface area contributed by atoms with Crippen LogP contribution in [0, 0.1) is 6.92 Å². The van der Waals surface area contributed by atoms with E-state index in [1.54, 1.807) is 11.3 Å². The highest BCUT2D eigenvalue weighted by atomic mass is 32.1. The van der Waals surface area contributed by atoms with E-state index in [1.807, 2.05) is 36.2 Å². The van der Waals surface area contributed by atoms with Crippen molar-refractivity contribution in [2.75, 3.05) is 13.1 Å². The van der Waals surface area contributed by atoms with Crippen LogP contribution < -0.4 is 4.74 Å². The minimum atomic E-state index is -0.483. The summed E-state index contributed by atoms with van der Waals surface area (Å²) in [5, 5.41) is 3.21. The predicted octanol–water partition coefficient (Wildman–Crippen LogP) is 5.05. The first-order valence-electron chi connectivity index (χ1n) is 9.52. The van der Waals surface area contributed by atoms with E-state index in [-0.39, 0.29) is 5.91 Å². The zero-order valence-corrected chi connectivity index (χ0v) is 16.6. The lowest BCUT2D eigenvalue weighted by atomic mass is 10.0. The van der Waals surface area contributed by atoms with Crippen molar-refractivity contribution in [1.29, 1.82) is 0 Å². The lowest BCUT2D eigenvalue weighted by molar-refractivity contribution is -0.138. The molecule has 0 bridgehead atoms. The number of pyridine rings is 1. The minimum Gasteiger partial charge on any atom is -0.481 e. The van der Waals surface area contributed by atoms with E-state index in [4.69, 9.17) is 4.74 Å². The third-order valence-corrected chi connectivity index (χ3v) is 6.04. The first kappa shape index (κ1) is 18.0. The number of aryl methyl sites for hydroxylation is 1. The summed E-state index contributed by atoms with van der Waals surface area (Å²) in [6, 6.07) is 10.1. The van der Waals surface area contributed by atoms with Gasteiger partial charge in [0.05, 0.1) is 5.52 Å². The number of fused-ring (bicyclic) bond motifs is 1. The largest absolute Gasteiger partial charge is 0.481 e. The van der Waals surface area contributed by atoms with Gasteiger partial charge in [0.2, 0.25) is 0 Å². The molecule has 1 atom stereocenters. The Hall–Kier alpha value is -2.40. The quantitative estimate of drug-likeness (QED) is 0.636. The van der Waals surface area contributed by atoms with E-state index in [1.165, 1.54) is 22.4 Å². The van der Waals surface area contributed by atoms with Crippen molar-refractivity contribution in [3.63, 3.8) is 0 Å². The highest BCUT2D eigenvalue weighted by Gasteiger charge is 2.23. The molecule has 5 heteroatoms. The van der Waals surface area contributed by atoms with E-state index >= 15 is 0 Å². The summed E-state index contributed by atoms with van der Waals surface area (Å²) < 4.78 is 5.96. The predicted molar refractivity (Wildman–Crippen MR) is 110 cm³/mol. The van der Waals surface area contributed by atoms with Crippen molar-refractivity contribution >= 4 is 28.1 Å². The van der Waals surface area contributed by atoms with Crippen LogP contribution in [0.15, 0.2) is 41.9 Å². The van der Waals surface area contributed by atoms with Crippen LogP contribution in [0.4, 0.5) is 0 Å². The van der Waals surface area contributed by atoms with Gasteiger partial charge >= 0.3 is 0 Å². The molecular formula is C22H24N2O2S. The smallest absolute Gasteiger partial charge is 0.263 e. The number of carbonyl (C=O) groups is 1. The Balaban J connectivity index is 1.57. The van der Waals surface area contributed by atoms with Crippen molar-refractivity contribution in [3.05, 3.63) is 46.8 Å². The topological polar surface area (TPSA) is 42.4 Å². The minimum absolute atomic E-state index is 0.0744. The van der Waals surface area contributed by atoms with Crippen molar-refractivity contribution in [2.45, 2.75) is 39.2 Å². The SMILES string of the molecule is Cc1sccc1-c1ccnc2cc(OC(C)C(=O)N3CCCCC3)ccc12. The molecule has 0 N–H and O–H groups in total. The molecule has 27 heavy (non-hydrogen) atoms. The van der Waals surface area contributed by atoms with Gasteiger partial charge in [-0.15, -0.1) is 11.3 Å².